The van der Waals surface area contributed by atoms with E-state index >= 15 is 0 Å². The number of benzene rings is 3. The van der Waals surface area contributed by atoms with Crippen molar-refractivity contribution in [2.45, 2.75) is 0 Å². The highest BCUT2D eigenvalue weighted by molar-refractivity contribution is 7.22. The number of carbonyl (C=O) groups excluding carboxylic acids is 1. The van der Waals surface area contributed by atoms with Gasteiger partial charge in [-0.05, 0) is 64.8 Å². The Hall–Kier alpha value is -3.84. The van der Waals surface area contributed by atoms with E-state index in [1.165, 1.54) is 29.5 Å². The van der Waals surface area contributed by atoms with Crippen molar-refractivity contribution in [3.05, 3.63) is 89.1 Å². The molecular weight excluding hydrogens is 415 g/mol. The van der Waals surface area contributed by atoms with Crippen molar-refractivity contribution in [3.63, 3.8) is 0 Å². The highest BCUT2D eigenvalue weighted by Gasteiger charge is 2.17. The summed E-state index contributed by atoms with van der Waals surface area (Å²) in [5.41, 5.74) is 1.99. The normalized spacial score (nSPS) is 11.0. The van der Waals surface area contributed by atoms with Gasteiger partial charge in [-0.1, -0.05) is 24.3 Å². The zero-order chi connectivity index (χ0) is 21.8. The number of thiophene rings is 1. The molecule has 0 spiro atoms. The van der Waals surface area contributed by atoms with E-state index in [1.54, 1.807) is 43.5 Å². The predicted octanol–water partition coefficient (Wildman–Crippen LogP) is 6.66. The molecule has 0 atom stereocenters. The molecule has 1 aromatic heterocycles. The van der Waals surface area contributed by atoms with Crippen LogP contribution in [0, 0.1) is 10.7 Å². The molecule has 0 aliphatic rings. The molecule has 5 nitrogen and oxygen atoms in total. The zero-order valence-corrected chi connectivity index (χ0v) is 17.3. The first-order chi connectivity index (χ1) is 15.1. The Balaban J connectivity index is 1.72. The summed E-state index contributed by atoms with van der Waals surface area (Å²) in [6, 6.07) is 18.6. The maximum absolute atomic E-state index is 13.4. The number of likely N-dealkylation sites (N-methyl/N-ethyl adjacent to an activating group) is 1. The molecule has 4 aromatic rings. The number of hydrogen-bond acceptors (Lipinski definition) is 5. The Morgan fingerprint density at radius 2 is 1.81 bits per heavy atom. The summed E-state index contributed by atoms with van der Waals surface area (Å²) in [5, 5.41) is 6.37. The maximum atomic E-state index is 13.4. The van der Waals surface area contributed by atoms with E-state index in [2.05, 4.69) is 10.5 Å². The fraction of sp³-hybridized carbons (Fsp3) is 0.0417. The van der Waals surface area contributed by atoms with Gasteiger partial charge in [0.15, 0.2) is 5.75 Å². The second-order valence-corrected chi connectivity index (χ2v) is 7.71. The monoisotopic (exact) mass is 432 g/mol. The fourth-order valence-electron chi connectivity index (χ4n) is 3.03. The van der Waals surface area contributed by atoms with Crippen LogP contribution in [0.1, 0.15) is 5.56 Å². The van der Waals surface area contributed by atoms with E-state index in [1.807, 2.05) is 24.3 Å². The van der Waals surface area contributed by atoms with Gasteiger partial charge in [0.2, 0.25) is 5.91 Å². The number of nitrogens with one attached hydrogen (secondary N) is 1. The number of rotatable bonds is 6. The van der Waals surface area contributed by atoms with Crippen molar-refractivity contribution in [2.75, 3.05) is 7.05 Å². The summed E-state index contributed by atoms with van der Waals surface area (Å²) in [6.07, 6.45) is 3.16. The number of carbonyl (C=O) groups is 1. The molecule has 0 unspecified atom stereocenters. The molecule has 154 valence electrons. The van der Waals surface area contributed by atoms with Gasteiger partial charge in [-0.3, -0.25) is 4.79 Å². The molecule has 7 heteroatoms. The lowest BCUT2D eigenvalue weighted by Crippen LogP contribution is -2.13. The van der Waals surface area contributed by atoms with E-state index < -0.39 is 0 Å². The Kier molecular flexibility index (Phi) is 5.86. The Bertz CT molecular complexity index is 1280. The average Bonchev–Trinajstić information content (AvgIpc) is 3.16. The molecular formula is C24H17FN2O3S. The van der Waals surface area contributed by atoms with Gasteiger partial charge in [0.1, 0.15) is 17.3 Å². The van der Waals surface area contributed by atoms with Gasteiger partial charge < -0.3 is 10.1 Å². The van der Waals surface area contributed by atoms with Crippen LogP contribution in [-0.4, -0.2) is 13.0 Å². The molecule has 0 saturated heterocycles. The van der Waals surface area contributed by atoms with Gasteiger partial charge in [0.25, 0.3) is 0 Å². The lowest BCUT2D eigenvalue weighted by Gasteiger charge is -2.09. The predicted molar refractivity (Wildman–Crippen MR) is 122 cm³/mol. The third kappa shape index (κ3) is 4.51. The molecule has 3 aromatic carbocycles. The molecule has 0 aliphatic carbocycles. The van der Waals surface area contributed by atoms with Crippen molar-refractivity contribution < 1.29 is 13.9 Å². The number of ether oxygens (including phenoxy) is 1. The minimum Gasteiger partial charge on any atom is -0.455 e. The smallest absolute Gasteiger partial charge is 0.243 e. The molecule has 0 fully saturated rings. The van der Waals surface area contributed by atoms with Crippen molar-refractivity contribution >= 4 is 39.1 Å². The number of hydrogen-bond donors (Lipinski definition) is 1. The van der Waals surface area contributed by atoms with E-state index in [-0.39, 0.29) is 11.7 Å². The van der Waals surface area contributed by atoms with Crippen molar-refractivity contribution in [1.29, 1.82) is 0 Å². The number of halogens is 1. The van der Waals surface area contributed by atoms with Gasteiger partial charge >= 0.3 is 0 Å². The van der Waals surface area contributed by atoms with Gasteiger partial charge in [0.05, 0.1) is 4.88 Å². The van der Waals surface area contributed by atoms with Crippen LogP contribution in [0.25, 0.3) is 26.6 Å². The molecule has 0 bridgehead atoms. The first kappa shape index (κ1) is 20.4. The van der Waals surface area contributed by atoms with E-state index in [0.717, 1.165) is 26.1 Å². The largest absolute Gasteiger partial charge is 0.455 e. The molecule has 1 amide bonds. The lowest BCUT2D eigenvalue weighted by atomic mass is 10.1. The Morgan fingerprint density at radius 3 is 2.48 bits per heavy atom. The molecule has 4 rings (SSSR count). The fourth-order valence-corrected chi connectivity index (χ4v) is 4.20. The van der Waals surface area contributed by atoms with Crippen LogP contribution < -0.4 is 10.1 Å². The highest BCUT2D eigenvalue weighted by Crippen LogP contribution is 2.47. The SMILES string of the molecule is CNC(=O)/C=C/c1ccc(Oc2c(-c3ccc(F)cc3)sc3cc(N=O)ccc23)cc1. The summed E-state index contributed by atoms with van der Waals surface area (Å²) < 4.78 is 20.5. The minimum absolute atomic E-state index is 0.182. The van der Waals surface area contributed by atoms with Crippen LogP contribution in [0.4, 0.5) is 10.1 Å². The molecule has 0 radical (unpaired) electrons. The van der Waals surface area contributed by atoms with Crippen LogP contribution in [0.2, 0.25) is 0 Å². The van der Waals surface area contributed by atoms with Crippen LogP contribution in [-0.2, 0) is 4.79 Å². The minimum atomic E-state index is -0.319. The maximum Gasteiger partial charge on any atom is 0.243 e. The second kappa shape index (κ2) is 8.89. The van der Waals surface area contributed by atoms with E-state index in [4.69, 9.17) is 4.74 Å². The second-order valence-electron chi connectivity index (χ2n) is 6.66. The highest BCUT2D eigenvalue weighted by atomic mass is 32.1. The summed E-state index contributed by atoms with van der Waals surface area (Å²) in [4.78, 5) is 23.1. The lowest BCUT2D eigenvalue weighted by molar-refractivity contribution is -0.115. The van der Waals surface area contributed by atoms with Crippen LogP contribution in [0.5, 0.6) is 11.5 Å². The number of nitroso groups, excluding NO2 is 1. The number of fused-ring (bicyclic) bond motifs is 1. The standard InChI is InChI=1S/C24H17FN2O3S/c1-26-22(28)13-4-15-2-10-19(11-3-15)30-23-20-12-9-18(27-29)14-21(20)31-24(23)16-5-7-17(25)8-6-16/h2-14H,1H3,(H,26,28)/b13-4+. The molecule has 1 heterocycles. The molecule has 0 saturated carbocycles. The topological polar surface area (TPSA) is 67.8 Å². The van der Waals surface area contributed by atoms with E-state index in [9.17, 15) is 14.1 Å². The number of nitrogens with zero attached hydrogens (tertiary/aromatic N) is 1. The first-order valence-electron chi connectivity index (χ1n) is 9.41. The Morgan fingerprint density at radius 1 is 1.06 bits per heavy atom. The summed E-state index contributed by atoms with van der Waals surface area (Å²) in [5.74, 6) is 0.730. The molecule has 1 N–H and O–H groups in total. The summed E-state index contributed by atoms with van der Waals surface area (Å²) in [6.45, 7) is 0. The molecule has 0 aliphatic heterocycles. The van der Waals surface area contributed by atoms with Crippen molar-refractivity contribution in [2.24, 2.45) is 5.18 Å². The zero-order valence-electron chi connectivity index (χ0n) is 16.5. The van der Waals surface area contributed by atoms with Crippen molar-refractivity contribution in [1.82, 2.24) is 5.32 Å². The van der Waals surface area contributed by atoms with Crippen LogP contribution >= 0.6 is 11.3 Å². The van der Waals surface area contributed by atoms with Gasteiger partial charge in [-0.2, -0.15) is 0 Å². The van der Waals surface area contributed by atoms with Gasteiger partial charge in [-0.15, -0.1) is 16.2 Å². The first-order valence-corrected chi connectivity index (χ1v) is 10.2. The van der Waals surface area contributed by atoms with Gasteiger partial charge in [0, 0.05) is 23.2 Å². The quantitative estimate of drug-likeness (QED) is 0.274. The van der Waals surface area contributed by atoms with Gasteiger partial charge in [-0.25, -0.2) is 4.39 Å². The van der Waals surface area contributed by atoms with Crippen LogP contribution in [0.3, 0.4) is 0 Å². The Labute approximate surface area is 181 Å². The summed E-state index contributed by atoms with van der Waals surface area (Å²) in [7, 11) is 1.57. The average molecular weight is 432 g/mol. The number of amides is 1. The summed E-state index contributed by atoms with van der Waals surface area (Å²) >= 11 is 1.45. The van der Waals surface area contributed by atoms with Crippen molar-refractivity contribution in [3.8, 4) is 21.9 Å². The van der Waals surface area contributed by atoms with Crippen LogP contribution in [0.15, 0.2) is 78.0 Å². The third-order valence-electron chi connectivity index (χ3n) is 4.61. The molecule has 31 heavy (non-hydrogen) atoms. The van der Waals surface area contributed by atoms with E-state index in [0.29, 0.717) is 17.2 Å². The third-order valence-corrected chi connectivity index (χ3v) is 5.80.